The van der Waals surface area contributed by atoms with Gasteiger partial charge in [-0.3, -0.25) is 4.90 Å². The summed E-state index contributed by atoms with van der Waals surface area (Å²) in [7, 11) is 0. The molecule has 25 heavy (non-hydrogen) atoms. The Bertz CT molecular complexity index is 757. The van der Waals surface area contributed by atoms with E-state index in [-0.39, 0.29) is 4.88 Å². The molecule has 1 saturated heterocycles. The molecule has 0 unspecified atom stereocenters. The standard InChI is InChI=1S/C18H21ClN2O3S/c1-12-16(18(22)23)25-17(20-12)14-11-13(19)5-6-15(14)24-10-9-21-7-3-2-4-8-21/h5-6,11H,2-4,7-10H2,1H3,(H,22,23). The second-order valence-corrected chi connectivity index (χ2v) is 7.57. The van der Waals surface area contributed by atoms with Crippen LogP contribution < -0.4 is 4.74 Å². The lowest BCUT2D eigenvalue weighted by Gasteiger charge is -2.26. The zero-order valence-corrected chi connectivity index (χ0v) is 15.7. The number of hydrogen-bond acceptors (Lipinski definition) is 5. The van der Waals surface area contributed by atoms with Crippen molar-refractivity contribution in [2.24, 2.45) is 0 Å². The fourth-order valence-electron chi connectivity index (χ4n) is 2.97. The summed E-state index contributed by atoms with van der Waals surface area (Å²) in [5, 5.41) is 10.4. The SMILES string of the molecule is Cc1nc(-c2cc(Cl)ccc2OCCN2CCCCC2)sc1C(=O)O. The number of carboxylic acid groups (broad SMARTS) is 1. The molecule has 0 amide bonds. The number of likely N-dealkylation sites (tertiary alicyclic amines) is 1. The number of carbonyl (C=O) groups is 1. The molecule has 1 N–H and O–H groups in total. The molecule has 0 atom stereocenters. The van der Waals surface area contributed by atoms with Gasteiger partial charge in [0, 0.05) is 11.6 Å². The van der Waals surface area contributed by atoms with Crippen molar-refractivity contribution < 1.29 is 14.6 Å². The molecule has 7 heteroatoms. The minimum atomic E-state index is -0.962. The van der Waals surface area contributed by atoms with Crippen LogP contribution in [0.15, 0.2) is 18.2 Å². The van der Waals surface area contributed by atoms with Crippen LogP contribution in [0, 0.1) is 6.92 Å². The largest absolute Gasteiger partial charge is 0.492 e. The van der Waals surface area contributed by atoms with E-state index in [0.29, 0.717) is 28.1 Å². The van der Waals surface area contributed by atoms with Gasteiger partial charge in [0.15, 0.2) is 0 Å². The molecular weight excluding hydrogens is 360 g/mol. The number of rotatable bonds is 6. The second-order valence-electron chi connectivity index (χ2n) is 6.13. The number of thiazole rings is 1. The molecule has 5 nitrogen and oxygen atoms in total. The molecule has 1 aromatic carbocycles. The van der Waals surface area contributed by atoms with E-state index in [9.17, 15) is 9.90 Å². The van der Waals surface area contributed by atoms with Gasteiger partial charge in [-0.05, 0) is 51.1 Å². The van der Waals surface area contributed by atoms with Crippen LogP contribution in [0.5, 0.6) is 5.75 Å². The zero-order chi connectivity index (χ0) is 17.8. The van der Waals surface area contributed by atoms with Crippen molar-refractivity contribution in [1.29, 1.82) is 0 Å². The van der Waals surface area contributed by atoms with Gasteiger partial charge in [0.05, 0.1) is 11.3 Å². The molecule has 0 aliphatic carbocycles. The molecule has 3 rings (SSSR count). The monoisotopic (exact) mass is 380 g/mol. The minimum Gasteiger partial charge on any atom is -0.492 e. The molecule has 0 spiro atoms. The molecule has 2 aromatic rings. The van der Waals surface area contributed by atoms with Crippen molar-refractivity contribution >= 4 is 28.9 Å². The average molecular weight is 381 g/mol. The van der Waals surface area contributed by atoms with Crippen LogP contribution in [0.2, 0.25) is 5.02 Å². The normalized spacial score (nSPS) is 15.3. The Balaban J connectivity index is 1.76. The Morgan fingerprint density at radius 3 is 2.80 bits per heavy atom. The average Bonchev–Trinajstić information content (AvgIpc) is 2.99. The van der Waals surface area contributed by atoms with Gasteiger partial charge in [-0.25, -0.2) is 9.78 Å². The van der Waals surface area contributed by atoms with Gasteiger partial charge in [-0.1, -0.05) is 18.0 Å². The quantitative estimate of drug-likeness (QED) is 0.807. The Hall–Kier alpha value is -1.63. The highest BCUT2D eigenvalue weighted by Gasteiger charge is 2.18. The maximum absolute atomic E-state index is 11.3. The summed E-state index contributed by atoms with van der Waals surface area (Å²) in [6, 6.07) is 5.38. The van der Waals surface area contributed by atoms with E-state index >= 15 is 0 Å². The van der Waals surface area contributed by atoms with E-state index in [1.807, 2.05) is 6.07 Å². The number of aromatic nitrogens is 1. The molecular formula is C18H21ClN2O3S. The van der Waals surface area contributed by atoms with E-state index in [4.69, 9.17) is 16.3 Å². The number of benzene rings is 1. The van der Waals surface area contributed by atoms with Crippen LogP contribution in [0.1, 0.15) is 34.6 Å². The summed E-state index contributed by atoms with van der Waals surface area (Å²) in [5.41, 5.74) is 1.25. The van der Waals surface area contributed by atoms with Gasteiger partial charge in [0.25, 0.3) is 0 Å². The van der Waals surface area contributed by atoms with Crippen LogP contribution in [-0.4, -0.2) is 47.2 Å². The topological polar surface area (TPSA) is 62.7 Å². The van der Waals surface area contributed by atoms with Gasteiger partial charge in [0.1, 0.15) is 22.2 Å². The number of carboxylic acids is 1. The molecule has 0 bridgehead atoms. The lowest BCUT2D eigenvalue weighted by molar-refractivity contribution is 0.0701. The van der Waals surface area contributed by atoms with Crippen molar-refractivity contribution in [2.45, 2.75) is 26.2 Å². The Morgan fingerprint density at radius 2 is 2.12 bits per heavy atom. The fraction of sp³-hybridized carbons (Fsp3) is 0.444. The first-order chi connectivity index (χ1) is 12.0. The van der Waals surface area contributed by atoms with E-state index in [0.717, 1.165) is 36.5 Å². The van der Waals surface area contributed by atoms with Crippen LogP contribution in [0.25, 0.3) is 10.6 Å². The summed E-state index contributed by atoms with van der Waals surface area (Å²) < 4.78 is 5.98. The van der Waals surface area contributed by atoms with Crippen LogP contribution in [0.4, 0.5) is 0 Å². The first kappa shape index (κ1) is 18.2. The number of aromatic carboxylic acids is 1. The van der Waals surface area contributed by atoms with Crippen LogP contribution in [-0.2, 0) is 0 Å². The van der Waals surface area contributed by atoms with Gasteiger partial charge in [-0.2, -0.15) is 0 Å². The molecule has 1 aromatic heterocycles. The maximum atomic E-state index is 11.3. The molecule has 1 fully saturated rings. The predicted molar refractivity (Wildman–Crippen MR) is 100 cm³/mol. The fourth-order valence-corrected chi connectivity index (χ4v) is 4.07. The number of ether oxygens (including phenoxy) is 1. The predicted octanol–water partition coefficient (Wildman–Crippen LogP) is 4.33. The van der Waals surface area contributed by atoms with E-state index in [2.05, 4.69) is 9.88 Å². The van der Waals surface area contributed by atoms with Crippen molar-refractivity contribution in [2.75, 3.05) is 26.2 Å². The first-order valence-electron chi connectivity index (χ1n) is 8.40. The third kappa shape index (κ3) is 4.51. The zero-order valence-electron chi connectivity index (χ0n) is 14.1. The lowest BCUT2D eigenvalue weighted by atomic mass is 10.1. The molecule has 1 aliphatic rings. The van der Waals surface area contributed by atoms with Gasteiger partial charge in [0.2, 0.25) is 0 Å². The number of halogens is 1. The lowest BCUT2D eigenvalue weighted by Crippen LogP contribution is -2.33. The highest BCUT2D eigenvalue weighted by atomic mass is 35.5. The minimum absolute atomic E-state index is 0.245. The summed E-state index contributed by atoms with van der Waals surface area (Å²) in [4.78, 5) is 18.3. The second kappa shape index (κ2) is 8.17. The van der Waals surface area contributed by atoms with Gasteiger partial charge in [-0.15, -0.1) is 11.3 Å². The van der Waals surface area contributed by atoms with Crippen LogP contribution >= 0.6 is 22.9 Å². The highest BCUT2D eigenvalue weighted by Crippen LogP contribution is 2.36. The maximum Gasteiger partial charge on any atom is 0.347 e. The molecule has 1 aliphatic heterocycles. The Labute approximate surface area is 156 Å². The third-order valence-electron chi connectivity index (χ3n) is 4.28. The summed E-state index contributed by atoms with van der Waals surface area (Å²) in [6.07, 6.45) is 3.82. The molecule has 2 heterocycles. The van der Waals surface area contributed by atoms with Crippen LogP contribution in [0.3, 0.4) is 0 Å². The number of nitrogens with zero attached hydrogens (tertiary/aromatic N) is 2. The number of piperidine rings is 1. The van der Waals surface area contributed by atoms with Gasteiger partial charge >= 0.3 is 5.97 Å². The van der Waals surface area contributed by atoms with Crippen molar-refractivity contribution in [1.82, 2.24) is 9.88 Å². The molecule has 134 valence electrons. The smallest absolute Gasteiger partial charge is 0.347 e. The third-order valence-corrected chi connectivity index (χ3v) is 5.69. The first-order valence-corrected chi connectivity index (χ1v) is 9.60. The van der Waals surface area contributed by atoms with E-state index < -0.39 is 5.97 Å². The summed E-state index contributed by atoms with van der Waals surface area (Å²) in [6.45, 7) is 5.43. The van der Waals surface area contributed by atoms with Crippen molar-refractivity contribution in [3.05, 3.63) is 33.8 Å². The Kier molecular flexibility index (Phi) is 5.93. The number of hydrogen-bond donors (Lipinski definition) is 1. The molecule has 0 saturated carbocycles. The number of aryl methyl sites for hydroxylation is 1. The van der Waals surface area contributed by atoms with Crippen molar-refractivity contribution in [3.63, 3.8) is 0 Å². The van der Waals surface area contributed by atoms with Crippen molar-refractivity contribution in [3.8, 4) is 16.3 Å². The van der Waals surface area contributed by atoms with E-state index in [1.54, 1.807) is 19.1 Å². The summed E-state index contributed by atoms with van der Waals surface area (Å²) >= 11 is 7.27. The highest BCUT2D eigenvalue weighted by molar-refractivity contribution is 7.17. The Morgan fingerprint density at radius 1 is 1.36 bits per heavy atom. The summed E-state index contributed by atoms with van der Waals surface area (Å²) in [5.74, 6) is -0.275. The van der Waals surface area contributed by atoms with Gasteiger partial charge < -0.3 is 9.84 Å². The van der Waals surface area contributed by atoms with E-state index in [1.165, 1.54) is 19.3 Å². The molecule has 0 radical (unpaired) electrons.